The molecule has 1 aliphatic rings. The second-order valence-corrected chi connectivity index (χ2v) is 4.53. The van der Waals surface area contributed by atoms with Crippen molar-refractivity contribution in [2.75, 3.05) is 6.54 Å². The Morgan fingerprint density at radius 3 is 2.20 bits per heavy atom. The molecule has 0 unspecified atom stereocenters. The zero-order valence-corrected chi connectivity index (χ0v) is 9.55. The van der Waals surface area contributed by atoms with Gasteiger partial charge in [-0.15, -0.1) is 0 Å². The van der Waals surface area contributed by atoms with E-state index in [4.69, 9.17) is 5.11 Å². The normalized spacial score (nSPS) is 19.7. The number of rotatable bonds is 6. The van der Waals surface area contributed by atoms with Crippen LogP contribution in [0.5, 0.6) is 0 Å². The summed E-state index contributed by atoms with van der Waals surface area (Å²) in [6, 6.07) is 0. The Morgan fingerprint density at radius 1 is 1.40 bits per heavy atom. The first-order valence-electron chi connectivity index (χ1n) is 5.69. The third-order valence-electron chi connectivity index (χ3n) is 3.69. The Labute approximate surface area is 90.7 Å². The molecule has 15 heavy (non-hydrogen) atoms. The molecule has 0 amide bonds. The van der Waals surface area contributed by atoms with Crippen LogP contribution in [0.4, 0.5) is 0 Å². The van der Waals surface area contributed by atoms with Gasteiger partial charge in [0.2, 0.25) is 0 Å². The number of aliphatic hydroxyl groups is 1. The fraction of sp³-hybridized carbons (Fsp3) is 0.909. The van der Waals surface area contributed by atoms with Gasteiger partial charge in [-0.25, -0.2) is 0 Å². The highest BCUT2D eigenvalue weighted by molar-refractivity contribution is 5.79. The van der Waals surface area contributed by atoms with Crippen molar-refractivity contribution in [3.8, 4) is 0 Å². The molecule has 4 nitrogen and oxygen atoms in total. The lowest BCUT2D eigenvalue weighted by Gasteiger charge is -2.41. The third kappa shape index (κ3) is 2.49. The molecule has 0 radical (unpaired) electrons. The number of carbonyl (C=O) groups is 1. The minimum absolute atomic E-state index is 0.367. The highest BCUT2D eigenvalue weighted by atomic mass is 16.4. The molecule has 1 rings (SSSR count). The molecule has 4 heteroatoms. The Morgan fingerprint density at radius 2 is 1.93 bits per heavy atom. The van der Waals surface area contributed by atoms with Crippen LogP contribution >= 0.6 is 0 Å². The van der Waals surface area contributed by atoms with Gasteiger partial charge < -0.3 is 10.2 Å². The predicted molar refractivity (Wildman–Crippen MR) is 57.8 cm³/mol. The van der Waals surface area contributed by atoms with E-state index in [0.29, 0.717) is 32.2 Å². The lowest BCUT2D eigenvalue weighted by atomic mass is 9.76. The molecule has 0 aromatic heterocycles. The molecule has 0 saturated heterocycles. The summed E-state index contributed by atoms with van der Waals surface area (Å²) >= 11 is 0. The number of hydrogen-bond donors (Lipinski definition) is 3. The second kappa shape index (κ2) is 4.49. The number of hydrogen-bond acceptors (Lipinski definition) is 3. The summed E-state index contributed by atoms with van der Waals surface area (Å²) in [6.07, 6.45) is 3.59. The van der Waals surface area contributed by atoms with Crippen LogP contribution in [0.25, 0.3) is 0 Å². The van der Waals surface area contributed by atoms with Crippen molar-refractivity contribution in [1.82, 2.24) is 5.32 Å². The van der Waals surface area contributed by atoms with Crippen molar-refractivity contribution in [1.29, 1.82) is 0 Å². The van der Waals surface area contributed by atoms with Crippen LogP contribution in [0.15, 0.2) is 0 Å². The van der Waals surface area contributed by atoms with Crippen LogP contribution in [-0.4, -0.2) is 33.9 Å². The van der Waals surface area contributed by atoms with Crippen LogP contribution in [0.2, 0.25) is 0 Å². The minimum Gasteiger partial charge on any atom is -0.480 e. The first-order valence-corrected chi connectivity index (χ1v) is 5.69. The van der Waals surface area contributed by atoms with Crippen LogP contribution < -0.4 is 5.32 Å². The fourth-order valence-electron chi connectivity index (χ4n) is 1.83. The van der Waals surface area contributed by atoms with Gasteiger partial charge >= 0.3 is 5.97 Å². The standard InChI is InChI=1S/C11H21NO3/c1-3-10(15,4-2)8-12-11(9(13)14)6-5-7-11/h12,15H,3-8H2,1-2H3,(H,13,14). The monoisotopic (exact) mass is 215 g/mol. The lowest BCUT2D eigenvalue weighted by Crippen LogP contribution is -2.60. The van der Waals surface area contributed by atoms with Gasteiger partial charge in [0.1, 0.15) is 5.54 Å². The van der Waals surface area contributed by atoms with Crippen molar-refractivity contribution < 1.29 is 15.0 Å². The lowest BCUT2D eigenvalue weighted by molar-refractivity contribution is -0.149. The van der Waals surface area contributed by atoms with E-state index in [9.17, 15) is 9.90 Å². The smallest absolute Gasteiger partial charge is 0.323 e. The van der Waals surface area contributed by atoms with Gasteiger partial charge in [0.05, 0.1) is 5.60 Å². The molecule has 0 spiro atoms. The maximum absolute atomic E-state index is 11.1. The Bertz CT molecular complexity index is 232. The average molecular weight is 215 g/mol. The van der Waals surface area contributed by atoms with E-state index < -0.39 is 17.1 Å². The summed E-state index contributed by atoms with van der Waals surface area (Å²) in [5, 5.41) is 22.1. The number of aliphatic carboxylic acids is 1. The number of β-amino-alcohol motifs (C(OH)–C–C–N with tert-alkyl or cyclic N) is 1. The molecule has 0 aromatic rings. The van der Waals surface area contributed by atoms with Crippen molar-refractivity contribution in [2.24, 2.45) is 0 Å². The Kier molecular flexibility index (Phi) is 3.73. The van der Waals surface area contributed by atoms with Crippen molar-refractivity contribution in [3.05, 3.63) is 0 Å². The number of carboxylic acid groups (broad SMARTS) is 1. The second-order valence-electron chi connectivity index (χ2n) is 4.53. The van der Waals surface area contributed by atoms with Crippen LogP contribution in [0.1, 0.15) is 46.0 Å². The quantitative estimate of drug-likeness (QED) is 0.621. The van der Waals surface area contributed by atoms with Crippen LogP contribution in [0, 0.1) is 0 Å². The molecular formula is C11H21NO3. The zero-order chi connectivity index (χ0) is 11.5. The van der Waals surface area contributed by atoms with E-state index in [1.165, 1.54) is 0 Å². The van der Waals surface area contributed by atoms with Gasteiger partial charge in [0.15, 0.2) is 0 Å². The van der Waals surface area contributed by atoms with Gasteiger partial charge in [-0.1, -0.05) is 13.8 Å². The molecule has 0 atom stereocenters. The molecule has 1 fully saturated rings. The zero-order valence-electron chi connectivity index (χ0n) is 9.55. The van der Waals surface area contributed by atoms with Gasteiger partial charge in [-0.3, -0.25) is 10.1 Å². The number of carboxylic acids is 1. The summed E-state index contributed by atoms with van der Waals surface area (Å²) in [7, 11) is 0. The summed E-state index contributed by atoms with van der Waals surface area (Å²) in [4.78, 5) is 11.1. The summed E-state index contributed by atoms with van der Waals surface area (Å²) in [5.41, 5.74) is -1.53. The Balaban J connectivity index is 2.51. The van der Waals surface area contributed by atoms with Gasteiger partial charge in [-0.05, 0) is 32.1 Å². The first-order chi connectivity index (χ1) is 6.98. The van der Waals surface area contributed by atoms with Crippen LogP contribution in [-0.2, 0) is 4.79 Å². The van der Waals surface area contributed by atoms with E-state index in [0.717, 1.165) is 6.42 Å². The topological polar surface area (TPSA) is 69.6 Å². The van der Waals surface area contributed by atoms with Crippen molar-refractivity contribution in [2.45, 2.75) is 57.1 Å². The maximum Gasteiger partial charge on any atom is 0.323 e. The van der Waals surface area contributed by atoms with E-state index in [1.807, 2.05) is 13.8 Å². The van der Waals surface area contributed by atoms with Gasteiger partial charge in [0.25, 0.3) is 0 Å². The third-order valence-corrected chi connectivity index (χ3v) is 3.69. The highest BCUT2D eigenvalue weighted by Crippen LogP contribution is 2.32. The molecular weight excluding hydrogens is 194 g/mol. The van der Waals surface area contributed by atoms with Crippen molar-refractivity contribution >= 4 is 5.97 Å². The van der Waals surface area contributed by atoms with E-state index in [2.05, 4.69) is 5.32 Å². The minimum atomic E-state index is -0.789. The molecule has 1 saturated carbocycles. The predicted octanol–water partition coefficient (Wildman–Crippen LogP) is 1.13. The fourth-order valence-corrected chi connectivity index (χ4v) is 1.83. The molecule has 0 aromatic carbocycles. The molecule has 0 heterocycles. The van der Waals surface area contributed by atoms with E-state index in [1.54, 1.807) is 0 Å². The van der Waals surface area contributed by atoms with E-state index >= 15 is 0 Å². The van der Waals surface area contributed by atoms with Crippen LogP contribution in [0.3, 0.4) is 0 Å². The molecule has 1 aliphatic carbocycles. The molecule has 0 bridgehead atoms. The molecule has 88 valence electrons. The summed E-state index contributed by atoms with van der Waals surface area (Å²) in [5.74, 6) is -0.789. The largest absolute Gasteiger partial charge is 0.480 e. The van der Waals surface area contributed by atoms with Gasteiger partial charge in [0, 0.05) is 6.54 Å². The van der Waals surface area contributed by atoms with E-state index in [-0.39, 0.29) is 0 Å². The highest BCUT2D eigenvalue weighted by Gasteiger charge is 2.45. The average Bonchev–Trinajstić information content (AvgIpc) is 2.15. The SMILES string of the molecule is CCC(O)(CC)CNC1(C(=O)O)CCC1. The maximum atomic E-state index is 11.1. The molecule has 0 aliphatic heterocycles. The summed E-state index contributed by atoms with van der Waals surface area (Å²) in [6.45, 7) is 4.20. The van der Waals surface area contributed by atoms with Gasteiger partial charge in [-0.2, -0.15) is 0 Å². The summed E-state index contributed by atoms with van der Waals surface area (Å²) < 4.78 is 0. The number of nitrogens with one attached hydrogen (secondary N) is 1. The first kappa shape index (κ1) is 12.5. The van der Waals surface area contributed by atoms with Crippen molar-refractivity contribution in [3.63, 3.8) is 0 Å². The Hall–Kier alpha value is -0.610. The molecule has 3 N–H and O–H groups in total.